The summed E-state index contributed by atoms with van der Waals surface area (Å²) < 4.78 is 12.9. The smallest absolute Gasteiger partial charge is 0.196 e. The van der Waals surface area contributed by atoms with Crippen molar-refractivity contribution < 1.29 is 14.3 Å². The first-order valence-electron chi connectivity index (χ1n) is 8.06. The summed E-state index contributed by atoms with van der Waals surface area (Å²) >= 11 is 3.73. The number of likely N-dealkylation sites (N-methyl/N-ethyl adjacent to an activating group) is 1. The summed E-state index contributed by atoms with van der Waals surface area (Å²) in [6, 6.07) is 2.40. The van der Waals surface area contributed by atoms with Gasteiger partial charge in [-0.15, -0.1) is 0 Å². The number of ketones is 1. The van der Waals surface area contributed by atoms with Crippen molar-refractivity contribution in [3.63, 3.8) is 0 Å². The van der Waals surface area contributed by atoms with Gasteiger partial charge in [0, 0.05) is 22.0 Å². The number of hydrogen-bond acceptors (Lipinski definition) is 4. The third kappa shape index (κ3) is 1.48. The largest absolute Gasteiger partial charge is 0.493 e. The van der Waals surface area contributed by atoms with Gasteiger partial charge < -0.3 is 14.4 Å². The van der Waals surface area contributed by atoms with Crippen LogP contribution in [0, 0.1) is 5.92 Å². The van der Waals surface area contributed by atoms with Gasteiger partial charge in [-0.2, -0.15) is 0 Å². The molecule has 1 saturated heterocycles. The maximum absolute atomic E-state index is 12.6. The number of benzene rings is 1. The zero-order chi connectivity index (χ0) is 15.9. The van der Waals surface area contributed by atoms with E-state index in [1.54, 1.807) is 13.2 Å². The van der Waals surface area contributed by atoms with E-state index in [9.17, 15) is 4.79 Å². The van der Waals surface area contributed by atoms with Crippen LogP contribution >= 0.6 is 15.9 Å². The predicted octanol–water partition coefficient (Wildman–Crippen LogP) is 2.47. The molecular weight excluding hydrogens is 358 g/mol. The van der Waals surface area contributed by atoms with Crippen LogP contribution in [0.1, 0.15) is 17.5 Å². The number of nitrogens with zero attached hydrogens (tertiary/aromatic N) is 1. The molecule has 0 N–H and O–H groups in total. The Balaban J connectivity index is 1.87. The second kappa shape index (κ2) is 4.39. The molecule has 0 aromatic heterocycles. The molecule has 2 aliphatic heterocycles. The Bertz CT molecular complexity index is 774. The first-order valence-corrected chi connectivity index (χ1v) is 8.86. The molecule has 1 fully saturated rings. The molecule has 0 amide bonds. The molecule has 2 heterocycles. The minimum absolute atomic E-state index is 0.0896. The molecular formula is C18H18BrNO3. The summed E-state index contributed by atoms with van der Waals surface area (Å²) in [6.45, 7) is 0.996. The van der Waals surface area contributed by atoms with Crippen molar-refractivity contribution >= 4 is 21.7 Å². The van der Waals surface area contributed by atoms with E-state index in [0.29, 0.717) is 12.0 Å². The summed E-state index contributed by atoms with van der Waals surface area (Å²) in [6.07, 6.45) is 5.40. The van der Waals surface area contributed by atoms with Gasteiger partial charge in [-0.05, 0) is 44.1 Å². The molecule has 1 aromatic carbocycles. The number of piperidine rings is 1. The molecule has 0 radical (unpaired) electrons. The molecule has 120 valence electrons. The zero-order valence-corrected chi connectivity index (χ0v) is 14.7. The third-order valence-electron chi connectivity index (χ3n) is 6.28. The Hall–Kier alpha value is -1.33. The zero-order valence-electron chi connectivity index (χ0n) is 13.1. The standard InChI is InChI=1S/C18H18BrNO3/c1-20-6-5-18-10-3-4-13(21)17(18)23-16-14(22-2)8-11(19)9(15(16)18)7-12(10)20/h3-4,8,10,12,17H,5-7H2,1-2H3/t10-,12+,17-,18-/m1/s1. The van der Waals surface area contributed by atoms with Gasteiger partial charge in [0.2, 0.25) is 0 Å². The van der Waals surface area contributed by atoms with Crippen LogP contribution in [0.2, 0.25) is 0 Å². The molecule has 1 spiro atoms. The van der Waals surface area contributed by atoms with Gasteiger partial charge in [0.1, 0.15) is 0 Å². The fraction of sp³-hybridized carbons (Fsp3) is 0.500. The van der Waals surface area contributed by atoms with Gasteiger partial charge in [-0.1, -0.05) is 22.0 Å². The molecule has 0 saturated carbocycles. The highest BCUT2D eigenvalue weighted by molar-refractivity contribution is 9.10. The van der Waals surface area contributed by atoms with Gasteiger partial charge in [0.05, 0.1) is 12.5 Å². The van der Waals surface area contributed by atoms with Crippen LogP contribution in [-0.2, 0) is 16.6 Å². The van der Waals surface area contributed by atoms with Gasteiger partial charge >= 0.3 is 0 Å². The van der Waals surface area contributed by atoms with Crippen molar-refractivity contribution in [2.75, 3.05) is 20.7 Å². The first kappa shape index (κ1) is 14.1. The van der Waals surface area contributed by atoms with Crippen molar-refractivity contribution in [2.45, 2.75) is 30.4 Å². The number of halogens is 1. The van der Waals surface area contributed by atoms with E-state index in [4.69, 9.17) is 9.47 Å². The molecule has 4 atom stereocenters. The predicted molar refractivity (Wildman–Crippen MR) is 89.2 cm³/mol. The van der Waals surface area contributed by atoms with E-state index >= 15 is 0 Å². The van der Waals surface area contributed by atoms with Crippen molar-refractivity contribution in [2.24, 2.45) is 5.92 Å². The highest BCUT2D eigenvalue weighted by Gasteiger charge is 2.64. The van der Waals surface area contributed by atoms with E-state index in [1.807, 2.05) is 6.07 Å². The number of carbonyl (C=O) groups excluding carboxylic acids is 1. The van der Waals surface area contributed by atoms with Crippen LogP contribution in [0.3, 0.4) is 0 Å². The van der Waals surface area contributed by atoms with Crippen LogP contribution in [-0.4, -0.2) is 43.5 Å². The molecule has 5 rings (SSSR count). The average molecular weight is 376 g/mol. The number of ether oxygens (including phenoxy) is 2. The van der Waals surface area contributed by atoms with E-state index in [-0.39, 0.29) is 11.2 Å². The van der Waals surface area contributed by atoms with Crippen LogP contribution < -0.4 is 9.47 Å². The molecule has 2 bridgehead atoms. The lowest BCUT2D eigenvalue weighted by Crippen LogP contribution is -2.64. The molecule has 0 unspecified atom stereocenters. The summed E-state index contributed by atoms with van der Waals surface area (Å²) in [5, 5.41) is 0. The molecule has 2 aliphatic carbocycles. The van der Waals surface area contributed by atoms with Gasteiger partial charge in [-0.3, -0.25) is 4.79 Å². The Labute approximate surface area is 143 Å². The summed E-state index contributed by atoms with van der Waals surface area (Å²) in [4.78, 5) is 15.0. The second-order valence-corrected chi connectivity index (χ2v) is 7.93. The summed E-state index contributed by atoms with van der Waals surface area (Å²) in [5.74, 6) is 1.94. The lowest BCUT2D eigenvalue weighted by atomic mass is 9.53. The van der Waals surface area contributed by atoms with Gasteiger partial charge in [0.25, 0.3) is 0 Å². The highest BCUT2D eigenvalue weighted by atomic mass is 79.9. The number of methoxy groups -OCH3 is 1. The average Bonchev–Trinajstić information content (AvgIpc) is 2.89. The quantitative estimate of drug-likeness (QED) is 0.755. The molecule has 1 aromatic rings. The molecule has 4 aliphatic rings. The fourth-order valence-electron chi connectivity index (χ4n) is 5.26. The maximum atomic E-state index is 12.6. The number of rotatable bonds is 1. The van der Waals surface area contributed by atoms with Crippen LogP contribution in [0.4, 0.5) is 0 Å². The number of likely N-dealkylation sites (tertiary alicyclic amines) is 1. The number of carbonyl (C=O) groups is 1. The van der Waals surface area contributed by atoms with E-state index < -0.39 is 6.10 Å². The van der Waals surface area contributed by atoms with Crippen LogP contribution in [0.25, 0.3) is 0 Å². The fourth-order valence-corrected chi connectivity index (χ4v) is 5.83. The molecule has 23 heavy (non-hydrogen) atoms. The van der Waals surface area contributed by atoms with Crippen molar-refractivity contribution in [1.29, 1.82) is 0 Å². The Morgan fingerprint density at radius 3 is 3.09 bits per heavy atom. The number of hydrogen-bond donors (Lipinski definition) is 0. The molecule has 4 nitrogen and oxygen atoms in total. The first-order chi connectivity index (χ1) is 11.1. The van der Waals surface area contributed by atoms with E-state index in [1.165, 1.54) is 11.1 Å². The van der Waals surface area contributed by atoms with E-state index in [2.05, 4.69) is 34.0 Å². The Kier molecular flexibility index (Phi) is 2.68. The maximum Gasteiger partial charge on any atom is 0.196 e. The lowest BCUT2D eigenvalue weighted by molar-refractivity contribution is -0.127. The molecule has 5 heteroatoms. The van der Waals surface area contributed by atoms with Crippen molar-refractivity contribution in [1.82, 2.24) is 4.90 Å². The van der Waals surface area contributed by atoms with Gasteiger partial charge in [0.15, 0.2) is 23.4 Å². The highest BCUT2D eigenvalue weighted by Crippen LogP contribution is 2.62. The Morgan fingerprint density at radius 1 is 1.48 bits per heavy atom. The topological polar surface area (TPSA) is 38.8 Å². The SMILES string of the molecule is COc1cc(Br)c2c3c1O[C@@H]1C(=O)C=C[C@@H]4[C@H](C2)N(C)CC[C@@]314. The second-order valence-electron chi connectivity index (χ2n) is 7.07. The summed E-state index contributed by atoms with van der Waals surface area (Å²) in [5.41, 5.74) is 2.29. The van der Waals surface area contributed by atoms with Crippen molar-refractivity contribution in [3.8, 4) is 11.5 Å². The van der Waals surface area contributed by atoms with Crippen LogP contribution in [0.5, 0.6) is 11.5 Å². The minimum atomic E-state index is -0.397. The van der Waals surface area contributed by atoms with E-state index in [0.717, 1.165) is 35.4 Å². The third-order valence-corrected chi connectivity index (χ3v) is 6.99. The normalized spacial score (nSPS) is 36.7. The summed E-state index contributed by atoms with van der Waals surface area (Å²) in [7, 11) is 3.85. The van der Waals surface area contributed by atoms with Crippen LogP contribution in [0.15, 0.2) is 22.7 Å². The minimum Gasteiger partial charge on any atom is -0.493 e. The monoisotopic (exact) mass is 375 g/mol. The lowest BCUT2D eigenvalue weighted by Gasteiger charge is -2.55. The van der Waals surface area contributed by atoms with Gasteiger partial charge in [-0.25, -0.2) is 0 Å². The Morgan fingerprint density at radius 2 is 2.30 bits per heavy atom. The van der Waals surface area contributed by atoms with Crippen molar-refractivity contribution in [3.05, 3.63) is 33.8 Å².